The van der Waals surface area contributed by atoms with Crippen molar-refractivity contribution in [2.45, 2.75) is 52.0 Å². The molecule has 0 radical (unpaired) electrons. The van der Waals surface area contributed by atoms with Gasteiger partial charge in [0.1, 0.15) is 0 Å². The average molecular weight is 242 g/mol. The van der Waals surface area contributed by atoms with Gasteiger partial charge in [0.25, 0.3) is 0 Å². The van der Waals surface area contributed by atoms with Gasteiger partial charge in [-0.25, -0.2) is 0 Å². The number of aliphatic hydroxyl groups excluding tert-OH is 1. The van der Waals surface area contributed by atoms with Crippen LogP contribution in [0.25, 0.3) is 0 Å². The summed E-state index contributed by atoms with van der Waals surface area (Å²) < 4.78 is 0. The third kappa shape index (κ3) is 3.96. The second kappa shape index (κ2) is 6.97. The van der Waals surface area contributed by atoms with E-state index in [1.807, 2.05) is 6.92 Å². The maximum atomic E-state index is 12.3. The Labute approximate surface area is 104 Å². The fourth-order valence-electron chi connectivity index (χ4n) is 2.59. The predicted octanol–water partition coefficient (Wildman–Crippen LogP) is 1.04. The number of carbonyl (C=O) groups is 1. The van der Waals surface area contributed by atoms with E-state index in [1.165, 1.54) is 0 Å². The summed E-state index contributed by atoms with van der Waals surface area (Å²) in [5.41, 5.74) is -0.192. The van der Waals surface area contributed by atoms with Crippen molar-refractivity contribution in [1.29, 1.82) is 0 Å². The molecule has 17 heavy (non-hydrogen) atoms. The van der Waals surface area contributed by atoms with Crippen LogP contribution in [-0.2, 0) is 4.79 Å². The molecule has 1 heterocycles. The lowest BCUT2D eigenvalue weighted by Crippen LogP contribution is -2.46. The molecule has 0 aromatic heterocycles. The minimum atomic E-state index is -0.192. The molecule has 4 heteroatoms. The Morgan fingerprint density at radius 1 is 1.59 bits per heavy atom. The number of hydrogen-bond acceptors (Lipinski definition) is 3. The minimum absolute atomic E-state index is 0.156. The largest absolute Gasteiger partial charge is 0.396 e. The highest BCUT2D eigenvalue weighted by atomic mass is 16.3. The van der Waals surface area contributed by atoms with Crippen LogP contribution in [0, 0.1) is 5.41 Å². The first-order chi connectivity index (χ1) is 8.14. The lowest BCUT2D eigenvalue weighted by Gasteiger charge is -2.28. The molecular formula is C13H26N2O2. The fraction of sp³-hybridized carbons (Fsp3) is 0.923. The zero-order valence-corrected chi connectivity index (χ0v) is 11.1. The zero-order valence-electron chi connectivity index (χ0n) is 11.1. The van der Waals surface area contributed by atoms with Gasteiger partial charge >= 0.3 is 0 Å². The van der Waals surface area contributed by atoms with E-state index >= 15 is 0 Å². The Kier molecular flexibility index (Phi) is 5.92. The lowest BCUT2D eigenvalue weighted by molar-refractivity contribution is -0.131. The first-order valence-corrected chi connectivity index (χ1v) is 6.77. The van der Waals surface area contributed by atoms with Crippen LogP contribution < -0.4 is 10.6 Å². The zero-order chi connectivity index (χ0) is 12.7. The van der Waals surface area contributed by atoms with Crippen molar-refractivity contribution in [1.82, 2.24) is 10.6 Å². The van der Waals surface area contributed by atoms with Crippen molar-refractivity contribution in [3.05, 3.63) is 0 Å². The van der Waals surface area contributed by atoms with Crippen molar-refractivity contribution in [3.63, 3.8) is 0 Å². The molecule has 2 unspecified atom stereocenters. The molecule has 1 amide bonds. The molecule has 4 nitrogen and oxygen atoms in total. The molecule has 3 N–H and O–H groups in total. The standard InChI is InChI=1S/C13H26N2O2/c1-3-6-13(7-8-14-10-13)12(17)15-11(2)5-4-9-16/h11,14,16H,3-10H2,1-2H3,(H,15,17). The van der Waals surface area contributed by atoms with E-state index in [-0.39, 0.29) is 24.0 Å². The SMILES string of the molecule is CCCC1(C(=O)NC(C)CCCO)CCNC1. The molecule has 2 atom stereocenters. The van der Waals surface area contributed by atoms with E-state index < -0.39 is 0 Å². The first kappa shape index (κ1) is 14.5. The highest BCUT2D eigenvalue weighted by Gasteiger charge is 2.40. The van der Waals surface area contributed by atoms with E-state index in [9.17, 15) is 4.79 Å². The number of rotatable bonds is 7. The van der Waals surface area contributed by atoms with Gasteiger partial charge in [0, 0.05) is 19.2 Å². The normalized spacial score (nSPS) is 25.8. The molecule has 1 saturated heterocycles. The molecule has 1 rings (SSSR count). The molecule has 0 aromatic rings. The van der Waals surface area contributed by atoms with Crippen LogP contribution in [0.3, 0.4) is 0 Å². The minimum Gasteiger partial charge on any atom is -0.396 e. The molecule has 1 fully saturated rings. The van der Waals surface area contributed by atoms with Gasteiger partial charge < -0.3 is 15.7 Å². The van der Waals surface area contributed by atoms with Gasteiger partial charge in [-0.15, -0.1) is 0 Å². The highest BCUT2D eigenvalue weighted by molar-refractivity contribution is 5.83. The Morgan fingerprint density at radius 3 is 2.88 bits per heavy atom. The van der Waals surface area contributed by atoms with Gasteiger partial charge in [-0.05, 0) is 39.2 Å². The first-order valence-electron chi connectivity index (χ1n) is 6.77. The summed E-state index contributed by atoms with van der Waals surface area (Å²) in [5, 5.41) is 15.2. The van der Waals surface area contributed by atoms with Gasteiger partial charge in [-0.1, -0.05) is 13.3 Å². The Balaban J connectivity index is 2.48. The van der Waals surface area contributed by atoms with Crippen LogP contribution in [-0.4, -0.2) is 36.8 Å². The average Bonchev–Trinajstić information content (AvgIpc) is 2.76. The van der Waals surface area contributed by atoms with Crippen molar-refractivity contribution in [3.8, 4) is 0 Å². The van der Waals surface area contributed by atoms with E-state index in [0.29, 0.717) is 0 Å². The topological polar surface area (TPSA) is 61.4 Å². The van der Waals surface area contributed by atoms with Crippen LogP contribution >= 0.6 is 0 Å². The Bertz CT molecular complexity index is 238. The van der Waals surface area contributed by atoms with Gasteiger partial charge in [-0.2, -0.15) is 0 Å². The highest BCUT2D eigenvalue weighted by Crippen LogP contribution is 2.31. The van der Waals surface area contributed by atoms with E-state index in [2.05, 4.69) is 17.6 Å². The quantitative estimate of drug-likeness (QED) is 0.625. The predicted molar refractivity (Wildman–Crippen MR) is 68.8 cm³/mol. The number of aliphatic hydroxyl groups is 1. The summed E-state index contributed by atoms with van der Waals surface area (Å²) >= 11 is 0. The van der Waals surface area contributed by atoms with E-state index in [4.69, 9.17) is 5.11 Å². The molecule has 0 aromatic carbocycles. The molecular weight excluding hydrogens is 216 g/mol. The van der Waals surface area contributed by atoms with Crippen LogP contribution in [0.5, 0.6) is 0 Å². The molecule has 0 spiro atoms. The van der Waals surface area contributed by atoms with E-state index in [1.54, 1.807) is 0 Å². The molecule has 100 valence electrons. The molecule has 0 bridgehead atoms. The molecule has 0 aliphatic carbocycles. The third-order valence-corrected chi connectivity index (χ3v) is 3.63. The molecule has 0 saturated carbocycles. The summed E-state index contributed by atoms with van der Waals surface area (Å²) in [5.74, 6) is 0.190. The Hall–Kier alpha value is -0.610. The van der Waals surface area contributed by atoms with Crippen LogP contribution in [0.4, 0.5) is 0 Å². The van der Waals surface area contributed by atoms with Crippen molar-refractivity contribution < 1.29 is 9.90 Å². The second-order valence-corrected chi connectivity index (χ2v) is 5.20. The van der Waals surface area contributed by atoms with E-state index in [0.717, 1.165) is 45.2 Å². The molecule has 1 aliphatic heterocycles. The number of hydrogen-bond donors (Lipinski definition) is 3. The third-order valence-electron chi connectivity index (χ3n) is 3.63. The smallest absolute Gasteiger partial charge is 0.227 e. The summed E-state index contributed by atoms with van der Waals surface area (Å²) in [6.07, 6.45) is 4.54. The van der Waals surface area contributed by atoms with Crippen LogP contribution in [0.15, 0.2) is 0 Å². The summed E-state index contributed by atoms with van der Waals surface area (Å²) in [6, 6.07) is 0.156. The van der Waals surface area contributed by atoms with Gasteiger partial charge in [0.15, 0.2) is 0 Å². The maximum Gasteiger partial charge on any atom is 0.227 e. The fourth-order valence-corrected chi connectivity index (χ4v) is 2.59. The van der Waals surface area contributed by atoms with Crippen molar-refractivity contribution >= 4 is 5.91 Å². The lowest BCUT2D eigenvalue weighted by atomic mass is 9.81. The summed E-state index contributed by atoms with van der Waals surface area (Å²) in [7, 11) is 0. The second-order valence-electron chi connectivity index (χ2n) is 5.20. The van der Waals surface area contributed by atoms with Crippen LogP contribution in [0.1, 0.15) is 46.0 Å². The van der Waals surface area contributed by atoms with Gasteiger partial charge in [0.05, 0.1) is 5.41 Å². The van der Waals surface area contributed by atoms with Crippen molar-refractivity contribution in [2.75, 3.05) is 19.7 Å². The monoisotopic (exact) mass is 242 g/mol. The van der Waals surface area contributed by atoms with Gasteiger partial charge in [0.2, 0.25) is 5.91 Å². The summed E-state index contributed by atoms with van der Waals surface area (Å²) in [4.78, 5) is 12.3. The number of amides is 1. The Morgan fingerprint density at radius 2 is 2.35 bits per heavy atom. The van der Waals surface area contributed by atoms with Crippen molar-refractivity contribution in [2.24, 2.45) is 5.41 Å². The summed E-state index contributed by atoms with van der Waals surface area (Å²) in [6.45, 7) is 6.08. The number of nitrogens with one attached hydrogen (secondary N) is 2. The molecule has 1 aliphatic rings. The number of carbonyl (C=O) groups excluding carboxylic acids is 1. The maximum absolute atomic E-state index is 12.3. The van der Waals surface area contributed by atoms with Gasteiger partial charge in [-0.3, -0.25) is 4.79 Å². The van der Waals surface area contributed by atoms with Crippen LogP contribution in [0.2, 0.25) is 0 Å².